The predicted octanol–water partition coefficient (Wildman–Crippen LogP) is 1.29. The van der Waals surface area contributed by atoms with Crippen molar-refractivity contribution in [3.8, 4) is 0 Å². The minimum Gasteiger partial charge on any atom is -0.480 e. The smallest absolute Gasteiger partial charge is 0.320 e. The average Bonchev–Trinajstić information content (AvgIpc) is 2.60. The van der Waals surface area contributed by atoms with Crippen molar-refractivity contribution in [3.63, 3.8) is 0 Å². The van der Waals surface area contributed by atoms with Crippen LogP contribution < -0.4 is 10.6 Å². The Morgan fingerprint density at radius 2 is 2.40 bits per heavy atom. The van der Waals surface area contributed by atoms with Crippen LogP contribution in [0.1, 0.15) is 12.0 Å². The molecule has 0 spiro atoms. The largest absolute Gasteiger partial charge is 0.480 e. The normalized spacial score (nSPS) is 12.5. The number of hydrogen-bond donors (Lipinski definition) is 2. The number of carboxylic acids is 1. The lowest BCUT2D eigenvalue weighted by Gasteiger charge is -2.19. The average molecular weight is 228 g/mol. The van der Waals surface area contributed by atoms with E-state index in [0.29, 0.717) is 13.0 Å². The first-order chi connectivity index (χ1) is 7.02. The van der Waals surface area contributed by atoms with Gasteiger partial charge in [-0.1, -0.05) is 0 Å². The molecule has 1 heterocycles. The van der Waals surface area contributed by atoms with Crippen molar-refractivity contribution in [2.45, 2.75) is 19.4 Å². The highest BCUT2D eigenvalue weighted by atomic mass is 32.1. The van der Waals surface area contributed by atoms with Crippen molar-refractivity contribution in [2.75, 3.05) is 18.5 Å². The summed E-state index contributed by atoms with van der Waals surface area (Å²) in [5, 5.41) is 11.8. The molecule has 1 unspecified atom stereocenters. The van der Waals surface area contributed by atoms with Gasteiger partial charge in [-0.15, -0.1) is 11.3 Å². The Balaban J connectivity index is 2.47. The third-order valence-electron chi connectivity index (χ3n) is 2.27. The summed E-state index contributed by atoms with van der Waals surface area (Å²) in [6.07, 6.45) is 0.461. The molecule has 84 valence electrons. The van der Waals surface area contributed by atoms with E-state index < -0.39 is 12.0 Å². The SMILES string of the molecule is Cc1ccsc1N(C)CCC(N)C(=O)O. The first-order valence-corrected chi connectivity index (χ1v) is 5.64. The molecule has 0 fully saturated rings. The second kappa shape index (κ2) is 5.14. The summed E-state index contributed by atoms with van der Waals surface area (Å²) in [5.41, 5.74) is 6.65. The van der Waals surface area contributed by atoms with E-state index in [1.807, 2.05) is 30.3 Å². The maximum Gasteiger partial charge on any atom is 0.320 e. The lowest BCUT2D eigenvalue weighted by molar-refractivity contribution is -0.138. The fourth-order valence-electron chi connectivity index (χ4n) is 1.31. The first kappa shape index (κ1) is 12.0. The maximum atomic E-state index is 10.5. The zero-order chi connectivity index (χ0) is 11.4. The summed E-state index contributed by atoms with van der Waals surface area (Å²) in [6, 6.07) is 1.28. The van der Waals surface area contributed by atoms with Gasteiger partial charge in [0.25, 0.3) is 0 Å². The van der Waals surface area contributed by atoms with Crippen molar-refractivity contribution in [2.24, 2.45) is 5.73 Å². The summed E-state index contributed by atoms with van der Waals surface area (Å²) in [6.45, 7) is 2.70. The van der Waals surface area contributed by atoms with Crippen LogP contribution in [0.15, 0.2) is 11.4 Å². The number of aliphatic carboxylic acids is 1. The molecule has 0 bridgehead atoms. The lowest BCUT2D eigenvalue weighted by atomic mass is 10.2. The molecule has 3 N–H and O–H groups in total. The monoisotopic (exact) mass is 228 g/mol. The van der Waals surface area contributed by atoms with Crippen LogP contribution >= 0.6 is 11.3 Å². The highest BCUT2D eigenvalue weighted by Gasteiger charge is 2.13. The number of nitrogens with two attached hydrogens (primary N) is 1. The van der Waals surface area contributed by atoms with Gasteiger partial charge >= 0.3 is 5.97 Å². The van der Waals surface area contributed by atoms with E-state index in [4.69, 9.17) is 10.8 Å². The van der Waals surface area contributed by atoms with Gasteiger partial charge in [0.1, 0.15) is 6.04 Å². The minimum absolute atomic E-state index is 0.461. The van der Waals surface area contributed by atoms with Crippen molar-refractivity contribution in [1.82, 2.24) is 0 Å². The molecule has 15 heavy (non-hydrogen) atoms. The highest BCUT2D eigenvalue weighted by Crippen LogP contribution is 2.25. The van der Waals surface area contributed by atoms with E-state index in [1.54, 1.807) is 11.3 Å². The van der Waals surface area contributed by atoms with Gasteiger partial charge in [0.05, 0.1) is 5.00 Å². The van der Waals surface area contributed by atoms with Gasteiger partial charge in [0.2, 0.25) is 0 Å². The van der Waals surface area contributed by atoms with Crippen LogP contribution in [0.2, 0.25) is 0 Å². The maximum absolute atomic E-state index is 10.5. The minimum atomic E-state index is -0.939. The van der Waals surface area contributed by atoms with Crippen molar-refractivity contribution in [1.29, 1.82) is 0 Å². The first-order valence-electron chi connectivity index (χ1n) is 4.76. The number of anilines is 1. The predicted molar refractivity (Wildman–Crippen MR) is 62.6 cm³/mol. The highest BCUT2D eigenvalue weighted by molar-refractivity contribution is 7.14. The number of rotatable bonds is 5. The van der Waals surface area contributed by atoms with Gasteiger partial charge in [0, 0.05) is 13.6 Å². The Hall–Kier alpha value is -1.07. The van der Waals surface area contributed by atoms with Crippen molar-refractivity contribution < 1.29 is 9.90 Å². The lowest BCUT2D eigenvalue weighted by Crippen LogP contribution is -2.34. The molecule has 5 heteroatoms. The molecule has 1 rings (SSSR count). The van der Waals surface area contributed by atoms with Crippen LogP contribution in [0.3, 0.4) is 0 Å². The third kappa shape index (κ3) is 3.21. The molecule has 0 aliphatic carbocycles. The molecule has 1 aromatic rings. The number of carboxylic acid groups (broad SMARTS) is 1. The molecule has 0 saturated heterocycles. The number of aryl methyl sites for hydroxylation is 1. The standard InChI is InChI=1S/C10H16N2O2S/c1-7-4-6-15-9(7)12(2)5-3-8(11)10(13)14/h4,6,8H,3,5,11H2,1-2H3,(H,13,14). The summed E-state index contributed by atoms with van der Waals surface area (Å²) < 4.78 is 0. The van der Waals surface area contributed by atoms with E-state index in [9.17, 15) is 4.79 Å². The zero-order valence-electron chi connectivity index (χ0n) is 8.93. The Labute approximate surface area is 93.3 Å². The molecule has 1 aromatic heterocycles. The van der Waals surface area contributed by atoms with E-state index in [1.165, 1.54) is 10.6 Å². The van der Waals surface area contributed by atoms with Crippen molar-refractivity contribution >= 4 is 22.3 Å². The summed E-state index contributed by atoms with van der Waals surface area (Å²) >= 11 is 1.66. The van der Waals surface area contributed by atoms with Crippen LogP contribution in [-0.2, 0) is 4.79 Å². The molecule has 4 nitrogen and oxygen atoms in total. The fraction of sp³-hybridized carbons (Fsp3) is 0.500. The number of thiophene rings is 1. The van der Waals surface area contributed by atoms with Gasteiger partial charge in [-0.3, -0.25) is 4.79 Å². The van der Waals surface area contributed by atoms with E-state index in [-0.39, 0.29) is 0 Å². The van der Waals surface area contributed by atoms with Crippen LogP contribution in [-0.4, -0.2) is 30.7 Å². The van der Waals surface area contributed by atoms with Crippen LogP contribution in [0.4, 0.5) is 5.00 Å². The molecule has 0 radical (unpaired) electrons. The number of nitrogens with zero attached hydrogens (tertiary/aromatic N) is 1. The Bertz CT molecular complexity index is 338. The van der Waals surface area contributed by atoms with Gasteiger partial charge in [-0.25, -0.2) is 0 Å². The summed E-state index contributed by atoms with van der Waals surface area (Å²) in [5.74, 6) is -0.939. The molecule has 0 aliphatic rings. The molecular weight excluding hydrogens is 212 g/mol. The second-order valence-electron chi connectivity index (χ2n) is 3.56. The molecule has 0 amide bonds. The summed E-state index contributed by atoms with van der Waals surface area (Å²) in [4.78, 5) is 12.6. The molecule has 0 aromatic carbocycles. The van der Waals surface area contributed by atoms with Crippen LogP contribution in [0, 0.1) is 6.92 Å². The molecule has 0 aliphatic heterocycles. The molecular formula is C10H16N2O2S. The van der Waals surface area contributed by atoms with E-state index in [2.05, 4.69) is 0 Å². The van der Waals surface area contributed by atoms with Crippen molar-refractivity contribution in [3.05, 3.63) is 17.0 Å². The van der Waals surface area contributed by atoms with Crippen LogP contribution in [0.5, 0.6) is 0 Å². The van der Waals surface area contributed by atoms with E-state index in [0.717, 1.165) is 0 Å². The van der Waals surface area contributed by atoms with Gasteiger partial charge in [-0.05, 0) is 30.4 Å². The fourth-order valence-corrected chi connectivity index (χ4v) is 2.24. The van der Waals surface area contributed by atoms with Gasteiger partial charge in [0.15, 0.2) is 0 Å². The second-order valence-corrected chi connectivity index (χ2v) is 4.46. The number of hydrogen-bond acceptors (Lipinski definition) is 4. The van der Waals surface area contributed by atoms with Gasteiger partial charge in [-0.2, -0.15) is 0 Å². The topological polar surface area (TPSA) is 66.6 Å². The Morgan fingerprint density at radius 3 is 2.87 bits per heavy atom. The Kier molecular flexibility index (Phi) is 4.11. The van der Waals surface area contributed by atoms with Crippen LogP contribution in [0.25, 0.3) is 0 Å². The Morgan fingerprint density at radius 1 is 1.73 bits per heavy atom. The number of carbonyl (C=O) groups is 1. The summed E-state index contributed by atoms with van der Waals surface area (Å²) in [7, 11) is 1.95. The molecule has 1 atom stereocenters. The molecule has 0 saturated carbocycles. The third-order valence-corrected chi connectivity index (χ3v) is 3.40. The quantitative estimate of drug-likeness (QED) is 0.797. The zero-order valence-corrected chi connectivity index (χ0v) is 9.75. The van der Waals surface area contributed by atoms with Gasteiger partial charge < -0.3 is 15.7 Å². The van der Waals surface area contributed by atoms with E-state index >= 15 is 0 Å².